The standard InChI is InChI=1S/C15H9ClF2N2OS/c16-11-5-2-6-12(13(11)22-15(17)18)20-14(21)10-4-1-3-9(7-10)8-19/h1-7,15H,(H,20,21). The number of hydrogen-bond donors (Lipinski definition) is 1. The van der Waals surface area contributed by atoms with Gasteiger partial charge in [-0.15, -0.1) is 0 Å². The first-order valence-corrected chi connectivity index (χ1v) is 7.32. The summed E-state index contributed by atoms with van der Waals surface area (Å²) in [6.45, 7) is 0. The second kappa shape index (κ2) is 7.25. The van der Waals surface area contributed by atoms with Gasteiger partial charge in [0.2, 0.25) is 0 Å². The third-order valence-electron chi connectivity index (χ3n) is 2.68. The summed E-state index contributed by atoms with van der Waals surface area (Å²) >= 11 is 6.17. The molecule has 1 amide bonds. The summed E-state index contributed by atoms with van der Waals surface area (Å²) in [5.74, 6) is -3.16. The maximum absolute atomic E-state index is 12.6. The van der Waals surface area contributed by atoms with Crippen molar-refractivity contribution in [2.24, 2.45) is 0 Å². The van der Waals surface area contributed by atoms with Crippen LogP contribution in [0.2, 0.25) is 5.02 Å². The number of alkyl halides is 2. The Hall–Kier alpha value is -2.10. The number of thioether (sulfide) groups is 1. The van der Waals surface area contributed by atoms with Gasteiger partial charge < -0.3 is 5.32 Å². The Morgan fingerprint density at radius 1 is 1.27 bits per heavy atom. The molecule has 7 heteroatoms. The van der Waals surface area contributed by atoms with Crippen LogP contribution in [0.3, 0.4) is 0 Å². The monoisotopic (exact) mass is 338 g/mol. The summed E-state index contributed by atoms with van der Waals surface area (Å²) in [6.07, 6.45) is 0. The third kappa shape index (κ3) is 3.97. The van der Waals surface area contributed by atoms with Gasteiger partial charge in [-0.1, -0.05) is 35.5 Å². The number of nitrogens with zero attached hydrogens (tertiary/aromatic N) is 1. The van der Waals surface area contributed by atoms with Crippen molar-refractivity contribution in [2.75, 3.05) is 5.32 Å². The van der Waals surface area contributed by atoms with Crippen molar-refractivity contribution >= 4 is 35.0 Å². The second-order valence-corrected chi connectivity index (χ2v) is 5.55. The van der Waals surface area contributed by atoms with E-state index in [-0.39, 0.29) is 32.9 Å². The quantitative estimate of drug-likeness (QED) is 0.816. The molecule has 0 aliphatic heterocycles. The third-order valence-corrected chi connectivity index (χ3v) is 3.96. The normalized spacial score (nSPS) is 10.3. The van der Waals surface area contributed by atoms with Crippen molar-refractivity contribution in [3.63, 3.8) is 0 Å². The number of nitrogens with one attached hydrogen (secondary N) is 1. The van der Waals surface area contributed by atoms with Crippen LogP contribution in [0.25, 0.3) is 0 Å². The maximum Gasteiger partial charge on any atom is 0.289 e. The minimum Gasteiger partial charge on any atom is -0.321 e. The second-order valence-electron chi connectivity index (χ2n) is 4.14. The van der Waals surface area contributed by atoms with E-state index in [4.69, 9.17) is 16.9 Å². The van der Waals surface area contributed by atoms with Crippen LogP contribution in [0.1, 0.15) is 15.9 Å². The highest BCUT2D eigenvalue weighted by Crippen LogP contribution is 2.37. The van der Waals surface area contributed by atoms with E-state index >= 15 is 0 Å². The van der Waals surface area contributed by atoms with E-state index in [2.05, 4.69) is 5.32 Å². The van der Waals surface area contributed by atoms with Crippen LogP contribution in [-0.4, -0.2) is 11.7 Å². The molecular weight excluding hydrogens is 330 g/mol. The molecule has 2 rings (SSSR count). The summed E-state index contributed by atoms with van der Waals surface area (Å²) < 4.78 is 25.2. The zero-order valence-corrected chi connectivity index (χ0v) is 12.6. The van der Waals surface area contributed by atoms with E-state index in [0.717, 1.165) is 0 Å². The van der Waals surface area contributed by atoms with Crippen LogP contribution in [0.5, 0.6) is 0 Å². The van der Waals surface area contributed by atoms with Gasteiger partial charge in [0, 0.05) is 5.56 Å². The van der Waals surface area contributed by atoms with Crippen molar-refractivity contribution < 1.29 is 13.6 Å². The Kier molecular flexibility index (Phi) is 5.36. The largest absolute Gasteiger partial charge is 0.321 e. The van der Waals surface area contributed by atoms with E-state index in [1.807, 2.05) is 6.07 Å². The molecule has 0 heterocycles. The molecule has 0 aliphatic carbocycles. The fraction of sp³-hybridized carbons (Fsp3) is 0.0667. The number of anilines is 1. The Morgan fingerprint density at radius 3 is 2.68 bits per heavy atom. The predicted octanol–water partition coefficient (Wildman–Crippen LogP) is 4.78. The van der Waals surface area contributed by atoms with Crippen molar-refractivity contribution in [3.8, 4) is 6.07 Å². The average molecular weight is 339 g/mol. The van der Waals surface area contributed by atoms with Gasteiger partial charge in [0.25, 0.3) is 11.7 Å². The summed E-state index contributed by atoms with van der Waals surface area (Å²) in [6, 6.07) is 12.5. The molecular formula is C15H9ClF2N2OS. The molecule has 0 bridgehead atoms. The minimum absolute atomic E-state index is 0.101. The molecule has 0 aliphatic rings. The van der Waals surface area contributed by atoms with E-state index in [1.165, 1.54) is 24.3 Å². The smallest absolute Gasteiger partial charge is 0.289 e. The number of amides is 1. The lowest BCUT2D eigenvalue weighted by atomic mass is 10.1. The molecule has 0 fully saturated rings. The predicted molar refractivity (Wildman–Crippen MR) is 82.4 cm³/mol. The Morgan fingerprint density at radius 2 is 2.00 bits per heavy atom. The Balaban J connectivity index is 2.28. The van der Waals surface area contributed by atoms with E-state index in [0.29, 0.717) is 5.56 Å². The maximum atomic E-state index is 12.6. The minimum atomic E-state index is -2.66. The van der Waals surface area contributed by atoms with Gasteiger partial charge in [-0.2, -0.15) is 14.0 Å². The van der Waals surface area contributed by atoms with Gasteiger partial charge in [0.05, 0.1) is 27.2 Å². The number of rotatable bonds is 4. The number of benzene rings is 2. The van der Waals surface area contributed by atoms with Crippen LogP contribution in [-0.2, 0) is 0 Å². The summed E-state index contributed by atoms with van der Waals surface area (Å²) in [4.78, 5) is 12.3. The first kappa shape index (κ1) is 16.3. The van der Waals surface area contributed by atoms with Crippen molar-refractivity contribution in [2.45, 2.75) is 10.7 Å². The summed E-state index contributed by atoms with van der Waals surface area (Å²) in [7, 11) is 0. The molecule has 0 unspecified atom stereocenters. The average Bonchev–Trinajstić information content (AvgIpc) is 2.50. The lowest BCUT2D eigenvalue weighted by Gasteiger charge is -2.12. The molecule has 2 aromatic carbocycles. The zero-order chi connectivity index (χ0) is 16.1. The molecule has 22 heavy (non-hydrogen) atoms. The van der Waals surface area contributed by atoms with Gasteiger partial charge in [-0.05, 0) is 30.3 Å². The van der Waals surface area contributed by atoms with Gasteiger partial charge >= 0.3 is 0 Å². The van der Waals surface area contributed by atoms with Crippen LogP contribution >= 0.6 is 23.4 Å². The molecule has 3 nitrogen and oxygen atoms in total. The highest BCUT2D eigenvalue weighted by Gasteiger charge is 2.16. The molecule has 112 valence electrons. The first-order chi connectivity index (χ1) is 10.5. The molecule has 0 saturated heterocycles. The molecule has 0 radical (unpaired) electrons. The Labute approximate surface area is 134 Å². The van der Waals surface area contributed by atoms with Gasteiger partial charge in [-0.3, -0.25) is 4.79 Å². The van der Waals surface area contributed by atoms with E-state index in [1.54, 1.807) is 18.2 Å². The van der Waals surface area contributed by atoms with Gasteiger partial charge in [0.1, 0.15) is 0 Å². The molecule has 0 aromatic heterocycles. The highest BCUT2D eigenvalue weighted by atomic mass is 35.5. The van der Waals surface area contributed by atoms with Crippen LogP contribution in [0.15, 0.2) is 47.4 Å². The lowest BCUT2D eigenvalue weighted by molar-refractivity contribution is 0.102. The number of halogens is 3. The van der Waals surface area contributed by atoms with E-state index < -0.39 is 11.7 Å². The fourth-order valence-corrected chi connectivity index (χ4v) is 2.65. The molecule has 0 atom stereocenters. The van der Waals surface area contributed by atoms with Gasteiger partial charge in [0.15, 0.2) is 0 Å². The number of hydrogen-bond acceptors (Lipinski definition) is 3. The number of carbonyl (C=O) groups excluding carboxylic acids is 1. The molecule has 0 spiro atoms. The topological polar surface area (TPSA) is 52.9 Å². The lowest BCUT2D eigenvalue weighted by Crippen LogP contribution is -2.13. The van der Waals surface area contributed by atoms with Crippen molar-refractivity contribution in [1.29, 1.82) is 5.26 Å². The molecule has 0 saturated carbocycles. The van der Waals surface area contributed by atoms with Crippen LogP contribution in [0, 0.1) is 11.3 Å². The summed E-state index contributed by atoms with van der Waals surface area (Å²) in [5, 5.41) is 11.5. The molecule has 2 aromatic rings. The fourth-order valence-electron chi connectivity index (χ4n) is 1.74. The number of nitriles is 1. The zero-order valence-electron chi connectivity index (χ0n) is 11.0. The van der Waals surface area contributed by atoms with Crippen molar-refractivity contribution in [3.05, 3.63) is 58.6 Å². The highest BCUT2D eigenvalue weighted by molar-refractivity contribution is 7.99. The van der Waals surface area contributed by atoms with E-state index in [9.17, 15) is 13.6 Å². The Bertz CT molecular complexity index is 747. The van der Waals surface area contributed by atoms with Crippen molar-refractivity contribution in [1.82, 2.24) is 0 Å². The first-order valence-electron chi connectivity index (χ1n) is 6.06. The van der Waals surface area contributed by atoms with Crippen LogP contribution < -0.4 is 5.32 Å². The summed E-state index contributed by atoms with van der Waals surface area (Å²) in [5.41, 5.74) is 0.790. The van der Waals surface area contributed by atoms with Gasteiger partial charge in [-0.25, -0.2) is 0 Å². The van der Waals surface area contributed by atoms with Crippen LogP contribution in [0.4, 0.5) is 14.5 Å². The molecule has 1 N–H and O–H groups in total. The SMILES string of the molecule is N#Cc1cccc(C(=O)Nc2cccc(Cl)c2SC(F)F)c1. The number of carbonyl (C=O) groups is 1.